The van der Waals surface area contributed by atoms with Crippen molar-refractivity contribution in [2.45, 2.75) is 12.8 Å². The minimum atomic E-state index is -0.194. The first-order valence-corrected chi connectivity index (χ1v) is 6.91. The van der Waals surface area contributed by atoms with Gasteiger partial charge in [0.1, 0.15) is 0 Å². The Morgan fingerprint density at radius 1 is 0.800 bits per heavy atom. The van der Waals surface area contributed by atoms with Crippen LogP contribution in [0.2, 0.25) is 0 Å². The van der Waals surface area contributed by atoms with Crippen LogP contribution in [0.25, 0.3) is 0 Å². The first-order chi connectivity index (χ1) is 4.91. The quantitative estimate of drug-likeness (QED) is 0.423. The van der Waals surface area contributed by atoms with Crippen LogP contribution in [0, 0.1) is 0 Å². The van der Waals surface area contributed by atoms with Gasteiger partial charge in [0.25, 0.3) is 0 Å². The third-order valence-corrected chi connectivity index (χ3v) is 4.70. The molecule has 0 bridgehead atoms. The number of rotatable bonds is 7. The molecule has 0 saturated heterocycles. The van der Waals surface area contributed by atoms with Crippen LogP contribution in [0.1, 0.15) is 12.8 Å². The van der Waals surface area contributed by atoms with Gasteiger partial charge in [-0.2, -0.15) is 0 Å². The molecule has 2 atom stereocenters. The van der Waals surface area contributed by atoms with E-state index < -0.39 is 0 Å². The van der Waals surface area contributed by atoms with Crippen LogP contribution < -0.4 is 0 Å². The zero-order valence-electron chi connectivity index (χ0n) is 6.00. The van der Waals surface area contributed by atoms with Gasteiger partial charge in [0.2, 0.25) is 0 Å². The summed E-state index contributed by atoms with van der Waals surface area (Å²) in [6.45, 7) is -0.388. The van der Waals surface area contributed by atoms with E-state index in [0.29, 0.717) is 12.8 Å². The number of halogens is 2. The predicted molar refractivity (Wildman–Crippen MR) is 47.5 cm³/mol. The molecule has 0 aromatic carbocycles. The monoisotopic (exact) mass is 186 g/mol. The van der Waals surface area contributed by atoms with Crippen molar-refractivity contribution < 1.29 is 8.78 Å². The van der Waals surface area contributed by atoms with Crippen molar-refractivity contribution in [3.05, 3.63) is 0 Å². The van der Waals surface area contributed by atoms with Crippen molar-refractivity contribution in [3.63, 3.8) is 0 Å². The third kappa shape index (κ3) is 8.72. The summed E-state index contributed by atoms with van der Waals surface area (Å²) in [5.74, 6) is 0. The second-order valence-electron chi connectivity index (χ2n) is 1.94. The van der Waals surface area contributed by atoms with Crippen LogP contribution >= 0.6 is 16.5 Å². The Morgan fingerprint density at radius 2 is 1.20 bits per heavy atom. The lowest BCUT2D eigenvalue weighted by atomic mass is 10.6. The molecular weight excluding hydrogens is 172 g/mol. The minimum absolute atomic E-state index is 0.194. The van der Waals surface area contributed by atoms with Crippen molar-refractivity contribution in [2.24, 2.45) is 0 Å². The molecule has 0 aromatic heterocycles. The molecule has 2 unspecified atom stereocenters. The molecule has 0 aromatic rings. The molecule has 0 amide bonds. The van der Waals surface area contributed by atoms with Crippen molar-refractivity contribution in [1.82, 2.24) is 0 Å². The molecular formula is C6H14F2P2. The average molecular weight is 186 g/mol. The van der Waals surface area contributed by atoms with E-state index in [0.717, 1.165) is 28.9 Å². The van der Waals surface area contributed by atoms with Gasteiger partial charge in [-0.1, -0.05) is 16.5 Å². The van der Waals surface area contributed by atoms with Gasteiger partial charge in [0, 0.05) is 0 Å². The van der Waals surface area contributed by atoms with Crippen molar-refractivity contribution in [2.75, 3.05) is 25.7 Å². The van der Waals surface area contributed by atoms with E-state index in [1.165, 1.54) is 0 Å². The summed E-state index contributed by atoms with van der Waals surface area (Å²) in [7, 11) is 1.74. The van der Waals surface area contributed by atoms with E-state index in [2.05, 4.69) is 0 Å². The lowest BCUT2D eigenvalue weighted by Gasteiger charge is -1.97. The molecule has 62 valence electrons. The van der Waals surface area contributed by atoms with E-state index in [9.17, 15) is 8.78 Å². The zero-order chi connectivity index (χ0) is 7.66. The van der Waals surface area contributed by atoms with Crippen molar-refractivity contribution in [1.29, 1.82) is 0 Å². The summed E-state index contributed by atoms with van der Waals surface area (Å²) < 4.78 is 23.0. The van der Waals surface area contributed by atoms with Gasteiger partial charge in [-0.3, -0.25) is 8.78 Å². The van der Waals surface area contributed by atoms with Crippen LogP contribution in [0.3, 0.4) is 0 Å². The maximum absolute atomic E-state index is 11.5. The van der Waals surface area contributed by atoms with Gasteiger partial charge in [-0.15, -0.1) is 0 Å². The number of hydrogen-bond acceptors (Lipinski definition) is 0. The van der Waals surface area contributed by atoms with E-state index in [-0.39, 0.29) is 13.3 Å². The lowest BCUT2D eigenvalue weighted by Crippen LogP contribution is -1.78. The van der Waals surface area contributed by atoms with Crippen molar-refractivity contribution in [3.8, 4) is 0 Å². The summed E-state index contributed by atoms with van der Waals surface area (Å²) in [4.78, 5) is 0. The fraction of sp³-hybridized carbons (Fsp3) is 1.00. The molecule has 0 rings (SSSR count). The van der Waals surface area contributed by atoms with Crippen LogP contribution in [0.4, 0.5) is 8.78 Å². The second kappa shape index (κ2) is 9.72. The zero-order valence-corrected chi connectivity index (χ0v) is 8.00. The third-order valence-electron chi connectivity index (χ3n) is 0.996. The van der Waals surface area contributed by atoms with E-state index in [4.69, 9.17) is 0 Å². The van der Waals surface area contributed by atoms with Gasteiger partial charge in [-0.25, -0.2) is 0 Å². The molecule has 0 spiro atoms. The van der Waals surface area contributed by atoms with Gasteiger partial charge in [-0.05, 0) is 25.2 Å². The highest BCUT2D eigenvalue weighted by molar-refractivity contribution is 8.11. The number of hydrogen-bond donors (Lipinski definition) is 0. The highest BCUT2D eigenvalue weighted by atomic mass is 32.0. The van der Waals surface area contributed by atoms with Crippen LogP contribution in [-0.2, 0) is 0 Å². The van der Waals surface area contributed by atoms with Gasteiger partial charge >= 0.3 is 0 Å². The summed E-state index contributed by atoms with van der Waals surface area (Å²) in [5, 5.41) is 0. The molecule has 0 radical (unpaired) electrons. The Morgan fingerprint density at radius 3 is 1.50 bits per heavy atom. The molecule has 0 aliphatic carbocycles. The summed E-state index contributed by atoms with van der Waals surface area (Å²) in [6.07, 6.45) is 3.39. The Balaban J connectivity index is 2.65. The standard InChI is InChI=1S/C6H14F2P2/c7-3-1-5-9-10-6-2-4-8/h9-10H,1-6H2. The topological polar surface area (TPSA) is 0 Å². The normalized spacial score (nSPS) is 12.6. The largest absolute Gasteiger partial charge is 0.251 e. The smallest absolute Gasteiger partial charge is 0.0897 e. The summed E-state index contributed by atoms with van der Waals surface area (Å²) >= 11 is 0. The first kappa shape index (κ1) is 10.7. The highest BCUT2D eigenvalue weighted by Gasteiger charge is 1.88. The highest BCUT2D eigenvalue weighted by Crippen LogP contribution is 2.37. The Kier molecular flexibility index (Phi) is 10.4. The van der Waals surface area contributed by atoms with Crippen LogP contribution in [0.5, 0.6) is 0 Å². The predicted octanol–water partition coefficient (Wildman–Crippen LogP) is 2.98. The minimum Gasteiger partial charge on any atom is -0.251 e. The van der Waals surface area contributed by atoms with Crippen LogP contribution in [-0.4, -0.2) is 25.7 Å². The summed E-state index contributed by atoms with van der Waals surface area (Å²) in [6, 6.07) is 0. The van der Waals surface area contributed by atoms with Crippen molar-refractivity contribution >= 4 is 16.5 Å². The van der Waals surface area contributed by atoms with E-state index >= 15 is 0 Å². The van der Waals surface area contributed by atoms with Gasteiger partial charge in [0.15, 0.2) is 0 Å². The molecule has 0 nitrogen and oxygen atoms in total. The van der Waals surface area contributed by atoms with E-state index in [1.54, 1.807) is 0 Å². The lowest BCUT2D eigenvalue weighted by molar-refractivity contribution is 0.488. The van der Waals surface area contributed by atoms with Crippen LogP contribution in [0.15, 0.2) is 0 Å². The number of alkyl halides is 2. The molecule has 0 fully saturated rings. The second-order valence-corrected chi connectivity index (χ2v) is 5.77. The maximum Gasteiger partial charge on any atom is 0.0897 e. The maximum atomic E-state index is 11.5. The molecule has 10 heavy (non-hydrogen) atoms. The molecule has 0 heterocycles. The molecule has 0 saturated carbocycles. The average Bonchev–Trinajstić information content (AvgIpc) is 1.97. The van der Waals surface area contributed by atoms with Gasteiger partial charge in [0.05, 0.1) is 13.3 Å². The van der Waals surface area contributed by atoms with Gasteiger partial charge < -0.3 is 0 Å². The molecule has 4 heteroatoms. The fourth-order valence-corrected chi connectivity index (χ4v) is 3.58. The first-order valence-electron chi connectivity index (χ1n) is 3.49. The van der Waals surface area contributed by atoms with E-state index in [1.807, 2.05) is 0 Å². The Labute approximate surface area is 64.6 Å². The molecule has 0 aliphatic heterocycles. The molecule has 0 N–H and O–H groups in total. The summed E-state index contributed by atoms with van der Waals surface area (Å²) in [5.41, 5.74) is 0. The Hall–Kier alpha value is 0.720. The molecule has 0 aliphatic rings. The Bertz CT molecular complexity index is 53.7. The fourth-order valence-electron chi connectivity index (χ4n) is 0.487. The SMILES string of the molecule is FCCCPPCCCF.